The van der Waals surface area contributed by atoms with Gasteiger partial charge in [-0.15, -0.1) is 0 Å². The Morgan fingerprint density at radius 2 is 2.20 bits per heavy atom. The van der Waals surface area contributed by atoms with Crippen molar-refractivity contribution in [2.24, 2.45) is 11.7 Å². The molecular formula is C16H24N2O2. The fourth-order valence-corrected chi connectivity index (χ4v) is 2.61. The lowest BCUT2D eigenvalue weighted by Crippen LogP contribution is -2.54. The molecule has 0 saturated carbocycles. The summed E-state index contributed by atoms with van der Waals surface area (Å²) in [5.74, 6) is -0.152. The maximum Gasteiger partial charge on any atom is 0.225 e. The molecular weight excluding hydrogens is 252 g/mol. The zero-order valence-electron chi connectivity index (χ0n) is 12.1. The second kappa shape index (κ2) is 6.86. The van der Waals surface area contributed by atoms with Gasteiger partial charge in [-0.1, -0.05) is 30.3 Å². The monoisotopic (exact) mass is 276 g/mol. The largest absolute Gasteiger partial charge is 0.379 e. The Balaban J connectivity index is 1.95. The second-order valence-corrected chi connectivity index (χ2v) is 5.83. The molecule has 1 aromatic carbocycles. The van der Waals surface area contributed by atoms with Crippen molar-refractivity contribution in [3.05, 3.63) is 35.9 Å². The van der Waals surface area contributed by atoms with Crippen molar-refractivity contribution < 1.29 is 9.53 Å². The van der Waals surface area contributed by atoms with E-state index < -0.39 is 0 Å². The van der Waals surface area contributed by atoms with Crippen LogP contribution in [0, 0.1) is 5.92 Å². The second-order valence-electron chi connectivity index (χ2n) is 5.83. The Morgan fingerprint density at radius 1 is 1.45 bits per heavy atom. The Morgan fingerprint density at radius 3 is 2.80 bits per heavy atom. The third-order valence-electron chi connectivity index (χ3n) is 3.84. The molecule has 1 aliphatic rings. The fourth-order valence-electron chi connectivity index (χ4n) is 2.61. The summed E-state index contributed by atoms with van der Waals surface area (Å²) >= 11 is 0. The molecule has 1 amide bonds. The number of carbonyl (C=O) groups is 1. The van der Waals surface area contributed by atoms with Crippen LogP contribution in [0.4, 0.5) is 0 Å². The van der Waals surface area contributed by atoms with Gasteiger partial charge in [0.05, 0.1) is 18.1 Å². The van der Waals surface area contributed by atoms with E-state index in [4.69, 9.17) is 10.5 Å². The number of nitrogens with two attached hydrogens (primary N) is 1. The van der Waals surface area contributed by atoms with E-state index >= 15 is 0 Å². The third-order valence-corrected chi connectivity index (χ3v) is 3.84. The van der Waals surface area contributed by atoms with Gasteiger partial charge in [0, 0.05) is 13.2 Å². The van der Waals surface area contributed by atoms with Crippen LogP contribution in [0.15, 0.2) is 30.3 Å². The smallest absolute Gasteiger partial charge is 0.225 e. The van der Waals surface area contributed by atoms with E-state index in [1.54, 1.807) is 0 Å². The number of ether oxygens (including phenoxy) is 1. The Hall–Kier alpha value is -1.39. The van der Waals surface area contributed by atoms with E-state index in [9.17, 15) is 4.79 Å². The molecule has 110 valence electrons. The molecule has 2 unspecified atom stereocenters. The first kappa shape index (κ1) is 15.0. The van der Waals surface area contributed by atoms with Crippen LogP contribution < -0.4 is 11.1 Å². The molecule has 2 rings (SSSR count). The molecule has 1 aromatic rings. The van der Waals surface area contributed by atoms with Crippen LogP contribution in [0.3, 0.4) is 0 Å². The lowest BCUT2D eigenvalue weighted by Gasteiger charge is -2.35. The predicted molar refractivity (Wildman–Crippen MR) is 79.3 cm³/mol. The number of rotatable bonds is 5. The predicted octanol–water partition coefficient (Wildman–Crippen LogP) is 1.49. The van der Waals surface area contributed by atoms with Gasteiger partial charge < -0.3 is 15.8 Å². The van der Waals surface area contributed by atoms with E-state index in [-0.39, 0.29) is 17.4 Å². The minimum absolute atomic E-state index is 0.0318. The topological polar surface area (TPSA) is 64.4 Å². The van der Waals surface area contributed by atoms with Crippen LogP contribution in [0.25, 0.3) is 0 Å². The first-order valence-corrected chi connectivity index (χ1v) is 7.27. The molecule has 20 heavy (non-hydrogen) atoms. The highest BCUT2D eigenvalue weighted by atomic mass is 16.5. The maximum absolute atomic E-state index is 12.4. The van der Waals surface area contributed by atoms with Crippen molar-refractivity contribution in [3.8, 4) is 0 Å². The third kappa shape index (κ3) is 4.05. The van der Waals surface area contributed by atoms with Crippen molar-refractivity contribution in [2.75, 3.05) is 19.8 Å². The summed E-state index contributed by atoms with van der Waals surface area (Å²) in [6.07, 6.45) is 2.63. The number of hydrogen-bond donors (Lipinski definition) is 2. The standard InChI is InChI=1S/C16H24N2O2/c1-16(8-5-9-20-12-16)18-15(19)14(11-17)10-13-6-3-2-4-7-13/h2-4,6-7,14H,5,8-12,17H2,1H3,(H,18,19). The van der Waals surface area contributed by atoms with Crippen molar-refractivity contribution in [1.82, 2.24) is 5.32 Å². The molecule has 0 bridgehead atoms. The highest BCUT2D eigenvalue weighted by Crippen LogP contribution is 2.19. The normalized spacial score (nSPS) is 24.1. The van der Waals surface area contributed by atoms with E-state index in [2.05, 4.69) is 5.32 Å². The zero-order chi connectivity index (χ0) is 14.4. The van der Waals surface area contributed by atoms with Gasteiger partial charge >= 0.3 is 0 Å². The SMILES string of the molecule is CC1(NC(=O)C(CN)Cc2ccccc2)CCCOC1. The van der Waals surface area contributed by atoms with Gasteiger partial charge in [0.25, 0.3) is 0 Å². The molecule has 1 aliphatic heterocycles. The number of carbonyl (C=O) groups excluding carboxylic acids is 1. The summed E-state index contributed by atoms with van der Waals surface area (Å²) in [7, 11) is 0. The van der Waals surface area contributed by atoms with Gasteiger partial charge in [0.1, 0.15) is 0 Å². The Bertz CT molecular complexity index is 427. The summed E-state index contributed by atoms with van der Waals surface area (Å²) in [4.78, 5) is 12.4. The zero-order valence-corrected chi connectivity index (χ0v) is 12.1. The van der Waals surface area contributed by atoms with Gasteiger partial charge in [-0.3, -0.25) is 4.79 Å². The van der Waals surface area contributed by atoms with Gasteiger partial charge in [0.2, 0.25) is 5.91 Å². The highest BCUT2D eigenvalue weighted by molar-refractivity contribution is 5.80. The van der Waals surface area contributed by atoms with Gasteiger partial charge in [-0.25, -0.2) is 0 Å². The molecule has 3 N–H and O–H groups in total. The maximum atomic E-state index is 12.4. The number of nitrogens with one attached hydrogen (secondary N) is 1. The van der Waals surface area contributed by atoms with Gasteiger partial charge in [-0.2, -0.15) is 0 Å². The van der Waals surface area contributed by atoms with Crippen LogP contribution in [0.5, 0.6) is 0 Å². The number of hydrogen-bond acceptors (Lipinski definition) is 3. The van der Waals surface area contributed by atoms with E-state index in [1.807, 2.05) is 37.3 Å². The van der Waals surface area contributed by atoms with Crippen molar-refractivity contribution in [2.45, 2.75) is 31.7 Å². The molecule has 0 radical (unpaired) electrons. The van der Waals surface area contributed by atoms with Gasteiger partial charge in [-0.05, 0) is 31.7 Å². The quantitative estimate of drug-likeness (QED) is 0.856. The lowest BCUT2D eigenvalue weighted by atomic mass is 9.92. The summed E-state index contributed by atoms with van der Waals surface area (Å²) < 4.78 is 5.47. The molecule has 4 nitrogen and oxygen atoms in total. The van der Waals surface area contributed by atoms with Crippen molar-refractivity contribution >= 4 is 5.91 Å². The van der Waals surface area contributed by atoms with Crippen LogP contribution in [-0.2, 0) is 16.0 Å². The minimum atomic E-state index is -0.251. The van der Waals surface area contributed by atoms with E-state index in [0.29, 0.717) is 19.6 Å². The van der Waals surface area contributed by atoms with Crippen LogP contribution in [-0.4, -0.2) is 31.2 Å². The average Bonchev–Trinajstić information content (AvgIpc) is 2.46. The molecule has 0 aromatic heterocycles. The van der Waals surface area contributed by atoms with Crippen LogP contribution in [0.1, 0.15) is 25.3 Å². The van der Waals surface area contributed by atoms with Crippen molar-refractivity contribution in [1.29, 1.82) is 0 Å². The van der Waals surface area contributed by atoms with Crippen molar-refractivity contribution in [3.63, 3.8) is 0 Å². The van der Waals surface area contributed by atoms with E-state index in [1.165, 1.54) is 0 Å². The Kier molecular flexibility index (Phi) is 5.15. The van der Waals surface area contributed by atoms with Crippen LogP contribution >= 0.6 is 0 Å². The molecule has 0 aliphatic carbocycles. The fraction of sp³-hybridized carbons (Fsp3) is 0.562. The molecule has 1 fully saturated rings. The molecule has 2 atom stereocenters. The molecule has 1 saturated heterocycles. The lowest BCUT2D eigenvalue weighted by molar-refractivity contribution is -0.128. The van der Waals surface area contributed by atoms with E-state index in [0.717, 1.165) is 25.0 Å². The summed E-state index contributed by atoms with van der Waals surface area (Å²) in [5.41, 5.74) is 6.67. The van der Waals surface area contributed by atoms with Crippen LogP contribution in [0.2, 0.25) is 0 Å². The minimum Gasteiger partial charge on any atom is -0.379 e. The number of benzene rings is 1. The first-order chi connectivity index (χ1) is 9.63. The summed E-state index contributed by atoms with van der Waals surface area (Å²) in [6, 6.07) is 10.00. The number of amides is 1. The van der Waals surface area contributed by atoms with Gasteiger partial charge in [0.15, 0.2) is 0 Å². The summed E-state index contributed by atoms with van der Waals surface area (Å²) in [6.45, 7) is 3.77. The average molecular weight is 276 g/mol. The summed E-state index contributed by atoms with van der Waals surface area (Å²) in [5, 5.41) is 3.12. The molecule has 4 heteroatoms. The first-order valence-electron chi connectivity index (χ1n) is 7.27. The molecule has 1 heterocycles. The highest BCUT2D eigenvalue weighted by Gasteiger charge is 2.31. The Labute approximate surface area is 120 Å². The molecule has 0 spiro atoms.